The molecule has 0 saturated carbocycles. The predicted octanol–water partition coefficient (Wildman–Crippen LogP) is 7.20. The van der Waals surface area contributed by atoms with Gasteiger partial charge >= 0.3 is 18.0 Å². The monoisotopic (exact) mass is 1020 g/mol. The molecule has 71 heavy (non-hydrogen) atoms. The van der Waals surface area contributed by atoms with Crippen LogP contribution >= 0.6 is 22.7 Å². The number of nitrogen functional groups attached to an aromatic ring is 1. The number of ether oxygens (including phenoxy) is 5. The molecule has 8 N–H and O–H groups in total. The number of unbranched alkanes of at least 4 members (excludes halogenated alkanes) is 3. The van der Waals surface area contributed by atoms with Crippen molar-refractivity contribution in [3.8, 4) is 17.2 Å². The number of carbonyl (C=O) groups excluding carboxylic acids is 6. The number of hydrogen-bond acceptors (Lipinski definition) is 18. The number of methoxy groups -OCH3 is 2. The van der Waals surface area contributed by atoms with Gasteiger partial charge in [0.05, 0.1) is 40.6 Å². The van der Waals surface area contributed by atoms with Gasteiger partial charge in [-0.3, -0.25) is 24.5 Å². The van der Waals surface area contributed by atoms with Gasteiger partial charge in [0.1, 0.15) is 41.7 Å². The van der Waals surface area contributed by atoms with Gasteiger partial charge in [0.15, 0.2) is 10.3 Å². The van der Waals surface area contributed by atoms with Crippen LogP contribution in [0.25, 0.3) is 0 Å². The van der Waals surface area contributed by atoms with Gasteiger partial charge in [-0.05, 0) is 37.5 Å². The summed E-state index contributed by atoms with van der Waals surface area (Å²) in [5.41, 5.74) is 14.1. The second-order valence-electron chi connectivity index (χ2n) is 14.5. The van der Waals surface area contributed by atoms with Crippen LogP contribution in [0.4, 0.5) is 15.1 Å². The fraction of sp³-hybridized carbons (Fsp3) is 0.388. The molecule has 2 heterocycles. The van der Waals surface area contributed by atoms with Crippen molar-refractivity contribution in [1.29, 1.82) is 0 Å². The zero-order valence-electron chi connectivity index (χ0n) is 40.8. The summed E-state index contributed by atoms with van der Waals surface area (Å²) in [5, 5.41) is 13.6. The Bertz CT molecular complexity index is 2410. The van der Waals surface area contributed by atoms with Crippen molar-refractivity contribution >= 4 is 68.8 Å². The van der Waals surface area contributed by atoms with E-state index < -0.39 is 29.8 Å². The molecular weight excluding hydrogens is 955 g/mol. The Morgan fingerprint density at radius 1 is 0.634 bits per heavy atom. The number of para-hydroxylation sites is 3. The van der Waals surface area contributed by atoms with E-state index in [1.807, 2.05) is 72.8 Å². The summed E-state index contributed by atoms with van der Waals surface area (Å²) >= 11 is 2.26. The summed E-state index contributed by atoms with van der Waals surface area (Å²) in [5.74, 6) is 0.428. The number of thiazole rings is 2. The first kappa shape index (κ1) is 59.7. The first-order valence-electron chi connectivity index (χ1n) is 22.7. The number of esters is 2. The van der Waals surface area contributed by atoms with Crippen LogP contribution in [0.3, 0.4) is 0 Å². The lowest BCUT2D eigenvalue weighted by Crippen LogP contribution is -2.30. The van der Waals surface area contributed by atoms with Gasteiger partial charge in [0.2, 0.25) is 6.08 Å². The molecule has 5 rings (SSSR count). The molecule has 5 aromatic rings. The maximum absolute atomic E-state index is 12.1. The number of aliphatic imine (C=N–C) groups is 1. The molecule has 0 atom stereocenters. The Balaban J connectivity index is 0.000000348. The van der Waals surface area contributed by atoms with Crippen molar-refractivity contribution in [3.05, 3.63) is 112 Å². The number of rotatable bonds is 24. The van der Waals surface area contributed by atoms with E-state index in [4.69, 9.17) is 25.7 Å². The van der Waals surface area contributed by atoms with E-state index in [0.29, 0.717) is 31.4 Å². The molecule has 22 heteroatoms. The first-order chi connectivity index (χ1) is 34.4. The van der Waals surface area contributed by atoms with Crippen molar-refractivity contribution in [2.45, 2.75) is 78.9 Å². The van der Waals surface area contributed by atoms with Crippen molar-refractivity contribution in [3.63, 3.8) is 0 Å². The Kier molecular flexibility index (Phi) is 30.8. The van der Waals surface area contributed by atoms with Crippen molar-refractivity contribution in [2.24, 2.45) is 10.7 Å². The largest absolute Gasteiger partial charge is 0.493 e. The van der Waals surface area contributed by atoms with E-state index in [1.54, 1.807) is 0 Å². The van der Waals surface area contributed by atoms with E-state index >= 15 is 0 Å². The Labute approximate surface area is 422 Å². The molecule has 0 radical (unpaired) electrons. The molecule has 0 unspecified atom stereocenters. The average Bonchev–Trinajstić information content (AvgIpc) is 4.06. The van der Waals surface area contributed by atoms with E-state index in [9.17, 15) is 28.8 Å². The lowest BCUT2D eigenvalue weighted by atomic mass is 10.2. The number of nitrogens with zero attached hydrogens (tertiary/aromatic N) is 3. The van der Waals surface area contributed by atoms with Crippen molar-refractivity contribution in [2.75, 3.05) is 58.2 Å². The minimum Gasteiger partial charge on any atom is -0.493 e. The van der Waals surface area contributed by atoms with Gasteiger partial charge < -0.3 is 51.1 Å². The standard InChI is InChI=1S/C19H24N4O5S.C12H15NO2.C11H17NO.C7H9N3O3S/c1-3-4-9-28-15-8-6-5-7-13(15)10-21-18(26)23-19-22-14(12-29-19)17(25)20-11-16(24)27-2;1-2-3-8-15-12-7-5-4-6-11(12)9-13-10-14;1-2-3-8-13-11-7-5-4-6-10(11)9-12;1-13-5(11)2-9-6(12)4-3-14-7(8)10-4/h5-8,12H,3-4,9-11H2,1-2H3,(H,20,25)(H2,21,22,23,26);4-7H,2-3,8-9H2,1H3;4-7H,2-3,8-9,12H2,1H3;3H,2H2,1H3,(H2,8,10)(H,9,12). The van der Waals surface area contributed by atoms with Crippen LogP contribution in [0.15, 0.2) is 88.5 Å². The minimum absolute atomic E-state index is 0.101. The fourth-order valence-electron chi connectivity index (χ4n) is 5.25. The highest BCUT2D eigenvalue weighted by molar-refractivity contribution is 7.14. The van der Waals surface area contributed by atoms with Gasteiger partial charge in [0.25, 0.3) is 11.8 Å². The Morgan fingerprint density at radius 2 is 1.08 bits per heavy atom. The summed E-state index contributed by atoms with van der Waals surface area (Å²) in [6, 6.07) is 22.6. The number of amides is 4. The summed E-state index contributed by atoms with van der Waals surface area (Å²) < 4.78 is 25.7. The maximum Gasteiger partial charge on any atom is 0.325 e. The number of nitrogens with one attached hydrogen (secondary N) is 4. The molecule has 0 fully saturated rings. The highest BCUT2D eigenvalue weighted by Gasteiger charge is 2.15. The van der Waals surface area contributed by atoms with Crippen LogP contribution in [-0.4, -0.2) is 93.0 Å². The van der Waals surface area contributed by atoms with Crippen LogP contribution in [0, 0.1) is 0 Å². The minimum atomic E-state index is -0.565. The highest BCUT2D eigenvalue weighted by Crippen LogP contribution is 2.21. The topological polar surface area (TPSA) is 287 Å². The third kappa shape index (κ3) is 25.2. The fourth-order valence-corrected chi connectivity index (χ4v) is 6.48. The molecule has 2 aromatic heterocycles. The van der Waals surface area contributed by atoms with Crippen molar-refractivity contribution < 1.29 is 52.5 Å². The maximum atomic E-state index is 12.1. The Morgan fingerprint density at radius 3 is 1.55 bits per heavy atom. The number of benzene rings is 3. The lowest BCUT2D eigenvalue weighted by Gasteiger charge is -2.12. The Hall–Kier alpha value is -7.39. The number of aromatic nitrogens is 2. The number of urea groups is 1. The summed E-state index contributed by atoms with van der Waals surface area (Å²) in [7, 11) is 2.48. The molecule has 3 aromatic carbocycles. The number of hydrogen-bond donors (Lipinski definition) is 6. The van der Waals surface area contributed by atoms with Gasteiger partial charge in [0, 0.05) is 40.5 Å². The molecule has 20 nitrogen and oxygen atoms in total. The second kappa shape index (κ2) is 36.6. The molecule has 384 valence electrons. The molecule has 4 amide bonds. The molecule has 0 bridgehead atoms. The normalized spacial score (nSPS) is 9.83. The van der Waals surface area contributed by atoms with Crippen LogP contribution < -0.4 is 46.9 Å². The van der Waals surface area contributed by atoms with E-state index in [2.05, 4.69) is 66.5 Å². The summed E-state index contributed by atoms with van der Waals surface area (Å²) in [4.78, 5) is 78.4. The van der Waals surface area contributed by atoms with Crippen LogP contribution in [-0.2, 0) is 43.5 Å². The third-order valence-electron chi connectivity index (χ3n) is 9.11. The SMILES string of the molecule is CCCCOc1ccccc1CN.CCCCOc1ccccc1CN=C=O.CCCCOc1ccccc1CNC(=O)Nc1nc(C(=O)NCC(=O)OC)cs1.COC(=O)CNC(=O)c1csc(N)n1. The number of isocyanates is 1. The number of carbonyl (C=O) groups is 5. The van der Waals surface area contributed by atoms with Crippen LogP contribution in [0.5, 0.6) is 17.2 Å². The molecule has 0 aliphatic heterocycles. The van der Waals surface area contributed by atoms with E-state index in [1.165, 1.54) is 31.1 Å². The van der Waals surface area contributed by atoms with Gasteiger partial charge in [-0.15, -0.1) is 22.7 Å². The van der Waals surface area contributed by atoms with Gasteiger partial charge in [-0.1, -0.05) is 94.6 Å². The van der Waals surface area contributed by atoms with E-state index in [-0.39, 0.29) is 36.2 Å². The quantitative estimate of drug-likeness (QED) is 0.0154. The second-order valence-corrected chi connectivity index (χ2v) is 16.2. The highest BCUT2D eigenvalue weighted by atomic mass is 32.1. The van der Waals surface area contributed by atoms with Gasteiger partial charge in [-0.2, -0.15) is 0 Å². The van der Waals surface area contributed by atoms with Crippen LogP contribution in [0.2, 0.25) is 0 Å². The third-order valence-corrected chi connectivity index (χ3v) is 10.5. The molecule has 0 aliphatic rings. The number of anilines is 2. The lowest BCUT2D eigenvalue weighted by molar-refractivity contribution is -0.140. The summed E-state index contributed by atoms with van der Waals surface area (Å²) in [6.45, 7) is 9.21. The van der Waals surface area contributed by atoms with Crippen molar-refractivity contribution in [1.82, 2.24) is 25.9 Å². The van der Waals surface area contributed by atoms with Gasteiger partial charge in [-0.25, -0.2) is 24.5 Å². The first-order valence-corrected chi connectivity index (χ1v) is 24.5. The zero-order chi connectivity index (χ0) is 52.1. The van der Waals surface area contributed by atoms with E-state index in [0.717, 1.165) is 102 Å². The summed E-state index contributed by atoms with van der Waals surface area (Å²) in [6.07, 6.45) is 7.92. The average molecular weight is 1020 g/mol. The molecule has 0 aliphatic carbocycles. The number of nitrogens with two attached hydrogens (primary N) is 2. The smallest absolute Gasteiger partial charge is 0.325 e. The molecule has 0 spiro atoms. The zero-order valence-corrected chi connectivity index (χ0v) is 42.4. The molecule has 0 saturated heterocycles. The van der Waals surface area contributed by atoms with Crippen LogP contribution in [0.1, 0.15) is 97.0 Å². The molecular formula is C49H65N9O11S2. The predicted molar refractivity (Wildman–Crippen MR) is 273 cm³/mol.